The van der Waals surface area contributed by atoms with Gasteiger partial charge in [0.2, 0.25) is 0 Å². The Morgan fingerprint density at radius 2 is 1.31 bits per heavy atom. The largest absolute Gasteiger partial charge is 0.476 e. The molecule has 3 nitrogen and oxygen atoms in total. The Labute approximate surface area is 242 Å². The maximum Gasteiger partial charge on any atom is 0.132 e. The van der Waals surface area contributed by atoms with E-state index >= 15 is 0 Å². The van der Waals surface area contributed by atoms with Crippen LogP contribution in [0, 0.1) is 19.1 Å². The molecule has 7 rings (SSSR count). The minimum Gasteiger partial charge on any atom is -0.476 e. The quantitative estimate of drug-likeness (QED) is 0.171. The molecule has 0 bridgehead atoms. The molecule has 6 aromatic rings. The predicted octanol–water partition coefficient (Wildman–Crippen LogP) is 8.84. The summed E-state index contributed by atoms with van der Waals surface area (Å²) in [5.41, 5.74) is 9.47. The van der Waals surface area contributed by atoms with Crippen LogP contribution in [-0.4, -0.2) is 9.97 Å². The number of aromatic nitrogens is 2. The first-order valence-electron chi connectivity index (χ1n) is 12.5. The van der Waals surface area contributed by atoms with E-state index in [2.05, 4.69) is 58.5 Å². The van der Waals surface area contributed by atoms with Crippen LogP contribution in [0.2, 0.25) is 0 Å². The van der Waals surface area contributed by atoms with Crippen LogP contribution in [0.3, 0.4) is 0 Å². The number of para-hydroxylation sites is 1. The monoisotopic (exact) mass is 681 g/mol. The molecule has 191 valence electrons. The average Bonchev–Trinajstić information content (AvgIpc) is 3.13. The first-order chi connectivity index (χ1) is 18.8. The third-order valence-electron chi connectivity index (χ3n) is 6.36. The summed E-state index contributed by atoms with van der Waals surface area (Å²) in [5, 5.41) is 0. The zero-order valence-electron chi connectivity index (χ0n) is 21.3. The number of hydrogen-bond acceptors (Lipinski definition) is 3. The van der Waals surface area contributed by atoms with Crippen molar-refractivity contribution in [3.8, 4) is 56.3 Å². The van der Waals surface area contributed by atoms with Crippen LogP contribution < -0.4 is 4.74 Å². The molecule has 0 fully saturated rings. The summed E-state index contributed by atoms with van der Waals surface area (Å²) < 4.78 is 6.32. The molecule has 0 aliphatic carbocycles. The van der Waals surface area contributed by atoms with Gasteiger partial charge in [0.25, 0.3) is 0 Å². The molecule has 1 radical (unpaired) electrons. The summed E-state index contributed by atoms with van der Waals surface area (Å²) in [6, 6.07) is 44.9. The fourth-order valence-corrected chi connectivity index (χ4v) is 4.47. The Bertz CT molecular complexity index is 1650. The fourth-order valence-electron chi connectivity index (χ4n) is 4.47. The van der Waals surface area contributed by atoms with E-state index in [1.165, 1.54) is 5.56 Å². The van der Waals surface area contributed by atoms with Crippen molar-refractivity contribution in [2.24, 2.45) is 0 Å². The third kappa shape index (κ3) is 5.73. The molecule has 0 saturated carbocycles. The third-order valence-corrected chi connectivity index (χ3v) is 6.36. The van der Waals surface area contributed by atoms with Crippen molar-refractivity contribution in [2.75, 3.05) is 0 Å². The number of hydrogen-bond donors (Lipinski definition) is 0. The molecule has 0 atom stereocenters. The molecule has 4 aromatic carbocycles. The number of ether oxygens (including phenoxy) is 1. The van der Waals surface area contributed by atoms with Crippen molar-refractivity contribution in [3.63, 3.8) is 0 Å². The molecule has 2 aromatic heterocycles. The molecule has 4 heteroatoms. The number of nitrogens with zero attached hydrogens (tertiary/aromatic N) is 2. The molecular weight excluding hydrogens is 657 g/mol. The molecule has 0 spiro atoms. The Morgan fingerprint density at radius 1 is 0.590 bits per heavy atom. The molecular formula is C35H24IrN2O-2. The topological polar surface area (TPSA) is 35.0 Å². The van der Waals surface area contributed by atoms with E-state index in [1.807, 2.05) is 92.0 Å². The average molecular weight is 681 g/mol. The molecule has 1 aliphatic rings. The van der Waals surface area contributed by atoms with Gasteiger partial charge in [0.15, 0.2) is 0 Å². The zero-order chi connectivity index (χ0) is 25.7. The Balaban J connectivity index is 0.000000200. The maximum atomic E-state index is 6.32. The van der Waals surface area contributed by atoms with Gasteiger partial charge < -0.3 is 14.7 Å². The van der Waals surface area contributed by atoms with Crippen molar-refractivity contribution in [1.29, 1.82) is 0 Å². The predicted molar refractivity (Wildman–Crippen MR) is 153 cm³/mol. The zero-order valence-corrected chi connectivity index (χ0v) is 23.7. The normalized spacial score (nSPS) is 10.7. The van der Waals surface area contributed by atoms with Gasteiger partial charge in [-0.05, 0) is 47.1 Å². The van der Waals surface area contributed by atoms with E-state index in [1.54, 1.807) is 6.20 Å². The van der Waals surface area contributed by atoms with Crippen molar-refractivity contribution in [3.05, 3.63) is 145 Å². The number of fused-ring (bicyclic) bond motifs is 5. The Morgan fingerprint density at radius 3 is 2.03 bits per heavy atom. The fraction of sp³-hybridized carbons (Fsp3) is 0.0286. The van der Waals surface area contributed by atoms with Crippen LogP contribution >= 0.6 is 0 Å². The second-order valence-corrected chi connectivity index (χ2v) is 8.98. The van der Waals surface area contributed by atoms with Gasteiger partial charge in [0.05, 0.1) is 5.75 Å². The first kappa shape index (κ1) is 26.2. The standard InChI is InChI=1S/C24H16NO.C11H8N.Ir/c1-16-10-13-22(25-15-16)17-11-12-21-19-7-3-2-6-18(19)20-8-4-5-9-23(20)26-24(21)14-17;1-2-6-10(7-3-1)11-8-4-5-9-12-11;/h2-10,12-15H,1H3;1-6,8-9H;/q2*-1;. The van der Waals surface area contributed by atoms with Gasteiger partial charge in [-0.1, -0.05) is 78.4 Å². The molecule has 0 N–H and O–H groups in total. The summed E-state index contributed by atoms with van der Waals surface area (Å²) in [6.07, 6.45) is 3.66. The minimum absolute atomic E-state index is 0. The van der Waals surface area contributed by atoms with Gasteiger partial charge in [0.1, 0.15) is 5.75 Å². The number of aryl methyl sites for hydroxylation is 1. The summed E-state index contributed by atoms with van der Waals surface area (Å²) in [6.45, 7) is 2.04. The van der Waals surface area contributed by atoms with Crippen molar-refractivity contribution < 1.29 is 24.8 Å². The van der Waals surface area contributed by atoms with Gasteiger partial charge in [-0.15, -0.1) is 53.6 Å². The van der Waals surface area contributed by atoms with Gasteiger partial charge in [-0.2, -0.15) is 0 Å². The van der Waals surface area contributed by atoms with Crippen molar-refractivity contribution in [1.82, 2.24) is 9.97 Å². The maximum absolute atomic E-state index is 6.32. The van der Waals surface area contributed by atoms with E-state index in [9.17, 15) is 0 Å². The van der Waals surface area contributed by atoms with Crippen LogP contribution in [-0.2, 0) is 20.1 Å². The van der Waals surface area contributed by atoms with E-state index < -0.39 is 0 Å². The summed E-state index contributed by atoms with van der Waals surface area (Å²) in [7, 11) is 0. The van der Waals surface area contributed by atoms with E-state index in [0.29, 0.717) is 0 Å². The Kier molecular flexibility index (Phi) is 8.07. The van der Waals surface area contributed by atoms with E-state index in [-0.39, 0.29) is 20.1 Å². The number of pyridine rings is 2. The van der Waals surface area contributed by atoms with Gasteiger partial charge in [-0.3, -0.25) is 0 Å². The molecule has 3 heterocycles. The van der Waals surface area contributed by atoms with Crippen LogP contribution in [0.15, 0.2) is 128 Å². The van der Waals surface area contributed by atoms with Gasteiger partial charge in [0, 0.05) is 38.1 Å². The summed E-state index contributed by atoms with van der Waals surface area (Å²) in [4.78, 5) is 8.74. The molecule has 0 amide bonds. The smallest absolute Gasteiger partial charge is 0.132 e. The Hall–Kier alpha value is -4.37. The molecule has 1 aliphatic heterocycles. The molecule has 0 unspecified atom stereocenters. The van der Waals surface area contributed by atoms with E-state index in [0.717, 1.165) is 56.3 Å². The first-order valence-corrected chi connectivity index (χ1v) is 12.5. The van der Waals surface area contributed by atoms with Crippen LogP contribution in [0.5, 0.6) is 11.5 Å². The summed E-state index contributed by atoms with van der Waals surface area (Å²) in [5.74, 6) is 1.70. The van der Waals surface area contributed by atoms with Gasteiger partial charge >= 0.3 is 0 Å². The number of benzene rings is 4. The minimum atomic E-state index is 0. The van der Waals surface area contributed by atoms with Crippen LogP contribution in [0.4, 0.5) is 0 Å². The molecule has 0 saturated heterocycles. The summed E-state index contributed by atoms with van der Waals surface area (Å²) >= 11 is 0. The SMILES string of the molecule is Cc1ccc(-c2[c-]cc3c(c2)Oc2ccccc2-c2ccccc2-3)nc1.[Ir].[c-]1ccccc1-c1ccccn1. The van der Waals surface area contributed by atoms with Crippen LogP contribution in [0.1, 0.15) is 5.56 Å². The second kappa shape index (κ2) is 12.0. The number of rotatable bonds is 2. The second-order valence-electron chi connectivity index (χ2n) is 8.98. The van der Waals surface area contributed by atoms with Gasteiger partial charge in [-0.25, -0.2) is 0 Å². The van der Waals surface area contributed by atoms with Crippen molar-refractivity contribution >= 4 is 0 Å². The van der Waals surface area contributed by atoms with E-state index in [4.69, 9.17) is 4.74 Å². The van der Waals surface area contributed by atoms with Crippen molar-refractivity contribution in [2.45, 2.75) is 6.92 Å². The molecule has 39 heavy (non-hydrogen) atoms. The van der Waals surface area contributed by atoms with Crippen LogP contribution in [0.25, 0.3) is 44.8 Å².